The minimum Gasteiger partial charge on any atom is -0.384 e. The molecule has 0 spiro atoms. The first-order chi connectivity index (χ1) is 9.40. The molecule has 3 aromatic rings. The van der Waals surface area contributed by atoms with Crippen LogP contribution in [0.2, 0.25) is 0 Å². The lowest BCUT2D eigenvalue weighted by Gasteiger charge is -2.24. The number of aromatic nitrogens is 4. The monoisotopic (exact) mass is 251 g/mol. The largest absolute Gasteiger partial charge is 0.384 e. The van der Waals surface area contributed by atoms with Crippen molar-refractivity contribution in [3.8, 4) is 0 Å². The molecule has 2 N–H and O–H groups in total. The normalized spacial score (nSPS) is 18.0. The number of anilines is 1. The molecule has 2 aromatic heterocycles. The average molecular weight is 251 g/mol. The molecule has 0 fully saturated rings. The highest BCUT2D eigenvalue weighted by molar-refractivity contribution is 5.69. The van der Waals surface area contributed by atoms with Crippen molar-refractivity contribution in [2.24, 2.45) is 0 Å². The first-order valence-electron chi connectivity index (χ1n) is 6.37. The van der Waals surface area contributed by atoms with Crippen LogP contribution in [0.15, 0.2) is 36.8 Å². The Morgan fingerprint density at radius 1 is 1.21 bits per heavy atom. The van der Waals surface area contributed by atoms with Gasteiger partial charge in [0.25, 0.3) is 0 Å². The van der Waals surface area contributed by atoms with E-state index in [0.717, 1.165) is 30.0 Å². The molecule has 1 atom stereocenters. The van der Waals surface area contributed by atoms with Gasteiger partial charge in [-0.2, -0.15) is 0 Å². The average Bonchev–Trinajstić information content (AvgIpc) is 2.90. The van der Waals surface area contributed by atoms with Crippen LogP contribution < -0.4 is 5.32 Å². The molecule has 0 radical (unpaired) electrons. The number of fused-ring (bicyclic) bond motifs is 2. The number of nitrogens with one attached hydrogen (secondary N) is 2. The summed E-state index contributed by atoms with van der Waals surface area (Å²) in [4.78, 5) is 16.1. The summed E-state index contributed by atoms with van der Waals surface area (Å²) in [5.41, 5.74) is 4.21. The summed E-state index contributed by atoms with van der Waals surface area (Å²) in [6.07, 6.45) is 4.29. The number of imidazole rings is 1. The highest BCUT2D eigenvalue weighted by atomic mass is 15.0. The first-order valence-corrected chi connectivity index (χ1v) is 6.37. The van der Waals surface area contributed by atoms with E-state index >= 15 is 0 Å². The molecular weight excluding hydrogens is 238 g/mol. The zero-order valence-corrected chi connectivity index (χ0v) is 10.3. The van der Waals surface area contributed by atoms with Crippen LogP contribution in [0.5, 0.6) is 0 Å². The molecule has 94 valence electrons. The molecule has 0 aliphatic carbocycles. The first kappa shape index (κ1) is 10.5. The Morgan fingerprint density at radius 3 is 3.11 bits per heavy atom. The maximum atomic E-state index is 4.56. The van der Waals surface area contributed by atoms with Crippen molar-refractivity contribution in [3.05, 3.63) is 48.2 Å². The second-order valence-corrected chi connectivity index (χ2v) is 4.82. The minimum absolute atomic E-state index is 0.351. The summed E-state index contributed by atoms with van der Waals surface area (Å²) in [5, 5.41) is 3.46. The molecule has 4 rings (SSSR count). The summed E-state index contributed by atoms with van der Waals surface area (Å²) in [5.74, 6) is 1.33. The van der Waals surface area contributed by atoms with Crippen LogP contribution in [0, 0.1) is 0 Å². The fourth-order valence-electron chi connectivity index (χ4n) is 2.61. The molecule has 3 heterocycles. The second kappa shape index (κ2) is 4.05. The lowest BCUT2D eigenvalue weighted by Crippen LogP contribution is -2.22. The summed E-state index contributed by atoms with van der Waals surface area (Å²) < 4.78 is 0. The topological polar surface area (TPSA) is 66.5 Å². The van der Waals surface area contributed by atoms with Gasteiger partial charge in [0, 0.05) is 18.2 Å². The van der Waals surface area contributed by atoms with E-state index in [1.807, 2.05) is 0 Å². The zero-order valence-electron chi connectivity index (χ0n) is 10.3. The van der Waals surface area contributed by atoms with Crippen LogP contribution in [-0.4, -0.2) is 26.5 Å². The van der Waals surface area contributed by atoms with Crippen molar-refractivity contribution in [2.45, 2.75) is 12.3 Å². The van der Waals surface area contributed by atoms with Crippen LogP contribution in [0.25, 0.3) is 11.2 Å². The lowest BCUT2D eigenvalue weighted by atomic mass is 9.93. The van der Waals surface area contributed by atoms with Crippen LogP contribution >= 0.6 is 0 Å². The number of para-hydroxylation sites is 1. The van der Waals surface area contributed by atoms with Gasteiger partial charge in [-0.1, -0.05) is 18.2 Å². The molecule has 0 bridgehead atoms. The summed E-state index contributed by atoms with van der Waals surface area (Å²) in [7, 11) is 0. The van der Waals surface area contributed by atoms with E-state index in [1.54, 1.807) is 6.20 Å². The van der Waals surface area contributed by atoms with Crippen molar-refractivity contribution in [1.82, 2.24) is 19.9 Å². The lowest BCUT2D eigenvalue weighted by molar-refractivity contribution is 0.659. The van der Waals surface area contributed by atoms with Crippen molar-refractivity contribution in [2.75, 3.05) is 11.9 Å². The number of benzene rings is 1. The zero-order chi connectivity index (χ0) is 12.7. The Kier molecular flexibility index (Phi) is 2.24. The predicted molar refractivity (Wildman–Crippen MR) is 73.1 cm³/mol. The third kappa shape index (κ3) is 1.74. The third-order valence-corrected chi connectivity index (χ3v) is 3.59. The molecule has 1 unspecified atom stereocenters. The standard InChI is InChI=1S/C14H13N5/c1-2-4-11-9(3-1)5-10(6-16-11)13-18-12-7-15-8-17-14(12)19-13/h1-4,7-8,10,16H,5-6H2,(H,15,17,18,19). The van der Waals surface area contributed by atoms with Gasteiger partial charge in [0.2, 0.25) is 0 Å². The summed E-state index contributed by atoms with van der Waals surface area (Å²) in [6, 6.07) is 8.42. The second-order valence-electron chi connectivity index (χ2n) is 4.82. The van der Waals surface area contributed by atoms with E-state index in [4.69, 9.17) is 0 Å². The maximum absolute atomic E-state index is 4.56. The highest BCUT2D eigenvalue weighted by Crippen LogP contribution is 2.29. The molecule has 0 saturated carbocycles. The highest BCUT2D eigenvalue weighted by Gasteiger charge is 2.22. The van der Waals surface area contributed by atoms with E-state index in [9.17, 15) is 0 Å². The van der Waals surface area contributed by atoms with Crippen molar-refractivity contribution >= 4 is 16.9 Å². The van der Waals surface area contributed by atoms with Gasteiger partial charge in [-0.3, -0.25) is 0 Å². The van der Waals surface area contributed by atoms with Gasteiger partial charge in [0.1, 0.15) is 17.7 Å². The molecule has 1 aliphatic rings. The van der Waals surface area contributed by atoms with Gasteiger partial charge in [0.05, 0.1) is 6.20 Å². The molecule has 1 aliphatic heterocycles. The molecule has 5 nitrogen and oxygen atoms in total. The van der Waals surface area contributed by atoms with Gasteiger partial charge in [-0.05, 0) is 18.1 Å². The molecule has 0 saturated heterocycles. The maximum Gasteiger partial charge on any atom is 0.180 e. The van der Waals surface area contributed by atoms with Gasteiger partial charge < -0.3 is 10.3 Å². The number of hydrogen-bond acceptors (Lipinski definition) is 4. The summed E-state index contributed by atoms with van der Waals surface area (Å²) >= 11 is 0. The third-order valence-electron chi connectivity index (χ3n) is 3.59. The quantitative estimate of drug-likeness (QED) is 0.695. The summed E-state index contributed by atoms with van der Waals surface area (Å²) in [6.45, 7) is 0.893. The Hall–Kier alpha value is -2.43. The van der Waals surface area contributed by atoms with Crippen LogP contribution in [0.4, 0.5) is 5.69 Å². The van der Waals surface area contributed by atoms with E-state index in [1.165, 1.54) is 17.6 Å². The van der Waals surface area contributed by atoms with Crippen LogP contribution in [0.3, 0.4) is 0 Å². The molecule has 0 amide bonds. The van der Waals surface area contributed by atoms with Crippen molar-refractivity contribution < 1.29 is 0 Å². The molecule has 1 aromatic carbocycles. The fraction of sp³-hybridized carbons (Fsp3) is 0.214. The molecule has 5 heteroatoms. The van der Waals surface area contributed by atoms with Gasteiger partial charge >= 0.3 is 0 Å². The smallest absolute Gasteiger partial charge is 0.180 e. The Morgan fingerprint density at radius 2 is 2.16 bits per heavy atom. The van der Waals surface area contributed by atoms with Crippen molar-refractivity contribution in [3.63, 3.8) is 0 Å². The number of hydrogen-bond donors (Lipinski definition) is 2. The molecular formula is C14H13N5. The van der Waals surface area contributed by atoms with Crippen LogP contribution in [0.1, 0.15) is 17.3 Å². The van der Waals surface area contributed by atoms with Crippen molar-refractivity contribution in [1.29, 1.82) is 0 Å². The van der Waals surface area contributed by atoms with Gasteiger partial charge in [-0.15, -0.1) is 0 Å². The van der Waals surface area contributed by atoms with E-state index in [2.05, 4.69) is 49.5 Å². The number of nitrogens with zero attached hydrogens (tertiary/aromatic N) is 3. The molecule has 19 heavy (non-hydrogen) atoms. The predicted octanol–water partition coefficient (Wildman–Crippen LogP) is 2.10. The van der Waals surface area contributed by atoms with E-state index in [0.29, 0.717) is 5.92 Å². The minimum atomic E-state index is 0.351. The van der Waals surface area contributed by atoms with Crippen LogP contribution in [-0.2, 0) is 6.42 Å². The SMILES string of the molecule is c1ccc2c(c1)CC(c1nc3ncncc3[nH]1)CN2. The number of aromatic amines is 1. The van der Waals surface area contributed by atoms with Gasteiger partial charge in [0.15, 0.2) is 5.65 Å². The Bertz CT molecular complexity index is 700. The Labute approximate surface area is 110 Å². The Balaban J connectivity index is 1.70. The van der Waals surface area contributed by atoms with Gasteiger partial charge in [-0.25, -0.2) is 15.0 Å². The number of rotatable bonds is 1. The number of H-pyrrole nitrogens is 1. The van der Waals surface area contributed by atoms with E-state index < -0.39 is 0 Å². The van der Waals surface area contributed by atoms with E-state index in [-0.39, 0.29) is 0 Å². The fourth-order valence-corrected chi connectivity index (χ4v) is 2.61.